The Morgan fingerprint density at radius 3 is 2.90 bits per heavy atom. The van der Waals surface area contributed by atoms with E-state index in [2.05, 4.69) is 4.98 Å². The molecule has 2 fully saturated rings. The molecule has 3 rings (SSSR count). The topological polar surface area (TPSA) is 53.4 Å². The summed E-state index contributed by atoms with van der Waals surface area (Å²) in [6.45, 7) is 0.719. The van der Waals surface area contributed by atoms with Crippen molar-refractivity contribution in [1.29, 1.82) is 0 Å². The number of fused-ring (bicyclic) bond motifs is 1. The Balaban J connectivity index is 1.73. The Bertz CT molecular complexity index is 560. The molecule has 2 atom stereocenters. The highest BCUT2D eigenvalue weighted by atomic mass is 32.1. The Labute approximate surface area is 123 Å². The lowest BCUT2D eigenvalue weighted by Gasteiger charge is -2.31. The average Bonchev–Trinajstić information content (AvgIpc) is 3.01. The molecule has 0 unspecified atom stereocenters. The van der Waals surface area contributed by atoms with E-state index in [0.29, 0.717) is 30.9 Å². The third-order valence-corrected chi connectivity index (χ3v) is 5.47. The maximum atomic E-state index is 13.4. The Morgan fingerprint density at radius 1 is 1.57 bits per heavy atom. The number of rotatable bonds is 3. The van der Waals surface area contributed by atoms with Crippen LogP contribution in [0.5, 0.6) is 0 Å². The molecule has 2 aliphatic rings. The number of aromatic nitrogens is 1. The minimum Gasteiger partial charge on any atom is -0.476 e. The Kier molecular flexibility index (Phi) is 3.48. The van der Waals surface area contributed by atoms with Gasteiger partial charge in [-0.2, -0.15) is 13.2 Å². The van der Waals surface area contributed by atoms with E-state index in [1.807, 2.05) is 0 Å². The van der Waals surface area contributed by atoms with Crippen LogP contribution < -0.4 is 0 Å². The maximum absolute atomic E-state index is 13.4. The van der Waals surface area contributed by atoms with Crippen LogP contribution in [0.1, 0.15) is 34.8 Å². The van der Waals surface area contributed by atoms with Gasteiger partial charge < -0.3 is 5.11 Å². The molecule has 1 aliphatic heterocycles. The number of carboxylic acid groups (broad SMARTS) is 1. The first kappa shape index (κ1) is 14.8. The SMILES string of the molecule is O=C(O)c1csc(CN2C[C@@H]3CCC[C@]3(C(F)(F)F)C2)n1. The number of carboxylic acids is 1. The van der Waals surface area contributed by atoms with Gasteiger partial charge in [0.2, 0.25) is 0 Å². The summed E-state index contributed by atoms with van der Waals surface area (Å²) in [5, 5.41) is 10.8. The average molecular weight is 320 g/mol. The number of nitrogens with zero attached hydrogens (tertiary/aromatic N) is 2. The van der Waals surface area contributed by atoms with Gasteiger partial charge in [0.05, 0.1) is 12.0 Å². The number of hydrogen-bond acceptors (Lipinski definition) is 4. The zero-order chi connectivity index (χ0) is 15.3. The molecule has 116 valence electrons. The van der Waals surface area contributed by atoms with Gasteiger partial charge in [-0.15, -0.1) is 11.3 Å². The number of aromatic carboxylic acids is 1. The summed E-state index contributed by atoms with van der Waals surface area (Å²) in [5.41, 5.74) is -1.61. The van der Waals surface area contributed by atoms with Gasteiger partial charge in [0, 0.05) is 18.5 Å². The molecule has 0 bridgehead atoms. The number of carbonyl (C=O) groups is 1. The lowest BCUT2D eigenvalue weighted by molar-refractivity contribution is -0.226. The fourth-order valence-corrected chi connectivity index (χ4v) is 4.46. The van der Waals surface area contributed by atoms with Gasteiger partial charge in [-0.25, -0.2) is 9.78 Å². The monoisotopic (exact) mass is 320 g/mol. The first-order valence-electron chi connectivity index (χ1n) is 6.78. The van der Waals surface area contributed by atoms with E-state index in [0.717, 1.165) is 0 Å². The molecule has 2 heterocycles. The van der Waals surface area contributed by atoms with Crippen LogP contribution in [0.2, 0.25) is 0 Å². The van der Waals surface area contributed by atoms with E-state index in [9.17, 15) is 18.0 Å². The van der Waals surface area contributed by atoms with Crippen LogP contribution in [0, 0.1) is 11.3 Å². The van der Waals surface area contributed by atoms with Gasteiger partial charge in [0.15, 0.2) is 5.69 Å². The van der Waals surface area contributed by atoms with Crippen molar-refractivity contribution >= 4 is 17.3 Å². The first-order chi connectivity index (χ1) is 9.82. The largest absolute Gasteiger partial charge is 0.476 e. The van der Waals surface area contributed by atoms with Crippen LogP contribution in [0.4, 0.5) is 13.2 Å². The number of alkyl halides is 3. The highest BCUT2D eigenvalue weighted by Gasteiger charge is 2.64. The highest BCUT2D eigenvalue weighted by Crippen LogP contribution is 2.57. The second-order valence-electron chi connectivity index (χ2n) is 5.84. The molecule has 1 saturated carbocycles. The molecule has 4 nitrogen and oxygen atoms in total. The second kappa shape index (κ2) is 4.95. The van der Waals surface area contributed by atoms with Crippen molar-refractivity contribution in [1.82, 2.24) is 9.88 Å². The molecule has 8 heteroatoms. The van der Waals surface area contributed by atoms with E-state index < -0.39 is 17.6 Å². The summed E-state index contributed by atoms with van der Waals surface area (Å²) in [7, 11) is 0. The van der Waals surface area contributed by atoms with Crippen molar-refractivity contribution in [2.75, 3.05) is 13.1 Å². The zero-order valence-electron chi connectivity index (χ0n) is 11.2. The lowest BCUT2D eigenvalue weighted by atomic mass is 9.80. The predicted octanol–water partition coefficient (Wildman–Crippen LogP) is 3.01. The van der Waals surface area contributed by atoms with E-state index in [-0.39, 0.29) is 24.6 Å². The van der Waals surface area contributed by atoms with Crippen molar-refractivity contribution in [2.45, 2.75) is 32.0 Å². The second-order valence-corrected chi connectivity index (χ2v) is 6.79. The number of thiazole rings is 1. The van der Waals surface area contributed by atoms with Gasteiger partial charge in [-0.05, 0) is 18.8 Å². The maximum Gasteiger partial charge on any atom is 0.396 e. The summed E-state index contributed by atoms with van der Waals surface area (Å²) in [5.74, 6) is -1.45. The van der Waals surface area contributed by atoms with Crippen molar-refractivity contribution < 1.29 is 23.1 Å². The summed E-state index contributed by atoms with van der Waals surface area (Å²) in [6.07, 6.45) is -2.71. The summed E-state index contributed by atoms with van der Waals surface area (Å²) in [4.78, 5) is 16.5. The molecule has 21 heavy (non-hydrogen) atoms. The molecule has 1 aromatic rings. The smallest absolute Gasteiger partial charge is 0.396 e. The van der Waals surface area contributed by atoms with Gasteiger partial charge in [-0.1, -0.05) is 6.42 Å². The van der Waals surface area contributed by atoms with Crippen LogP contribution in [0.15, 0.2) is 5.38 Å². The van der Waals surface area contributed by atoms with Crippen molar-refractivity contribution in [3.05, 3.63) is 16.1 Å². The quantitative estimate of drug-likeness (QED) is 0.930. The Morgan fingerprint density at radius 2 is 2.33 bits per heavy atom. The Hall–Kier alpha value is -1.15. The summed E-state index contributed by atoms with van der Waals surface area (Å²) >= 11 is 1.18. The van der Waals surface area contributed by atoms with E-state index >= 15 is 0 Å². The number of likely N-dealkylation sites (tertiary alicyclic amines) is 1. The van der Waals surface area contributed by atoms with Crippen molar-refractivity contribution in [2.24, 2.45) is 11.3 Å². The molecule has 1 saturated heterocycles. The van der Waals surface area contributed by atoms with E-state index in [1.54, 1.807) is 4.90 Å². The van der Waals surface area contributed by atoms with Gasteiger partial charge in [-0.3, -0.25) is 4.90 Å². The molecule has 0 radical (unpaired) electrons. The molecular formula is C13H15F3N2O2S. The van der Waals surface area contributed by atoms with Gasteiger partial charge in [0.1, 0.15) is 5.01 Å². The lowest BCUT2D eigenvalue weighted by Crippen LogP contribution is -2.41. The third-order valence-electron chi connectivity index (χ3n) is 4.64. The molecule has 1 N–H and O–H groups in total. The molecule has 0 aromatic carbocycles. The fourth-order valence-electron chi connectivity index (χ4n) is 3.65. The predicted molar refractivity (Wildman–Crippen MR) is 70.2 cm³/mol. The fraction of sp³-hybridized carbons (Fsp3) is 0.692. The molecule has 1 aromatic heterocycles. The van der Waals surface area contributed by atoms with Crippen LogP contribution in [0.3, 0.4) is 0 Å². The van der Waals surface area contributed by atoms with Crippen LogP contribution in [-0.2, 0) is 6.54 Å². The molecular weight excluding hydrogens is 305 g/mol. The third kappa shape index (κ3) is 2.44. The van der Waals surface area contributed by atoms with E-state index in [4.69, 9.17) is 5.11 Å². The van der Waals surface area contributed by atoms with Crippen LogP contribution in [0.25, 0.3) is 0 Å². The molecule has 1 aliphatic carbocycles. The first-order valence-corrected chi connectivity index (χ1v) is 7.66. The minimum absolute atomic E-state index is 0.00313. The van der Waals surface area contributed by atoms with Crippen LogP contribution in [-0.4, -0.2) is 40.2 Å². The summed E-state index contributed by atoms with van der Waals surface area (Å²) < 4.78 is 40.2. The highest BCUT2D eigenvalue weighted by molar-refractivity contribution is 7.09. The van der Waals surface area contributed by atoms with E-state index in [1.165, 1.54) is 16.7 Å². The van der Waals surface area contributed by atoms with Gasteiger partial charge in [0.25, 0.3) is 0 Å². The van der Waals surface area contributed by atoms with Gasteiger partial charge >= 0.3 is 12.1 Å². The van der Waals surface area contributed by atoms with Crippen LogP contribution >= 0.6 is 11.3 Å². The van der Waals surface area contributed by atoms with Crippen molar-refractivity contribution in [3.8, 4) is 0 Å². The molecule has 0 spiro atoms. The zero-order valence-corrected chi connectivity index (χ0v) is 12.0. The van der Waals surface area contributed by atoms with Crippen molar-refractivity contribution in [3.63, 3.8) is 0 Å². The summed E-state index contributed by atoms with van der Waals surface area (Å²) in [6, 6.07) is 0. The number of halogens is 3. The number of hydrogen-bond donors (Lipinski definition) is 1. The normalized spacial score (nSPS) is 29.8. The standard InChI is InChI=1S/C13H15F3N2O2S/c14-13(15,16)12-3-1-2-8(12)4-18(7-12)5-10-17-9(6-21-10)11(19)20/h6,8H,1-5,7H2,(H,19,20)/t8-,12-/m0/s1. The molecule has 0 amide bonds. The minimum atomic E-state index is -4.17.